The summed E-state index contributed by atoms with van der Waals surface area (Å²) in [4.78, 5) is 1.51. The van der Waals surface area contributed by atoms with Crippen LogP contribution in [0.4, 0.5) is 5.69 Å². The average Bonchev–Trinajstić information content (AvgIpc) is 2.45. The van der Waals surface area contributed by atoms with E-state index in [-0.39, 0.29) is 5.11 Å². The first-order valence-corrected chi connectivity index (χ1v) is 4.44. The number of aromatic nitrogens is 3. The van der Waals surface area contributed by atoms with Gasteiger partial charge < -0.3 is 11.1 Å². The van der Waals surface area contributed by atoms with Crippen LogP contribution in [0.3, 0.4) is 0 Å². The van der Waals surface area contributed by atoms with Crippen LogP contribution in [0.25, 0.3) is 11.0 Å². The van der Waals surface area contributed by atoms with Crippen LogP contribution in [0.15, 0.2) is 18.2 Å². The number of nitrogens with two attached hydrogens (primary N) is 1. The Morgan fingerprint density at radius 2 is 2.29 bits per heavy atom. The summed E-state index contributed by atoms with van der Waals surface area (Å²) in [6.45, 7) is 0. The Kier molecular flexibility index (Phi) is 2.05. The van der Waals surface area contributed by atoms with Gasteiger partial charge in [0.2, 0.25) is 0 Å². The zero-order valence-electron chi connectivity index (χ0n) is 7.56. The Bertz CT molecular complexity index is 489. The molecule has 0 aliphatic carbocycles. The Morgan fingerprint density at radius 3 is 3.00 bits per heavy atom. The monoisotopic (exact) mass is 207 g/mol. The Labute approximate surface area is 85.9 Å². The first kappa shape index (κ1) is 8.89. The minimum atomic E-state index is 0.225. The second kappa shape index (κ2) is 3.22. The summed E-state index contributed by atoms with van der Waals surface area (Å²) in [6.07, 6.45) is 0. The average molecular weight is 207 g/mol. The fraction of sp³-hybridized carbons (Fsp3) is 0.125. The van der Waals surface area contributed by atoms with Crippen LogP contribution in [-0.4, -0.2) is 20.1 Å². The molecule has 2 aromatic rings. The van der Waals surface area contributed by atoms with Crippen molar-refractivity contribution in [3.63, 3.8) is 0 Å². The van der Waals surface area contributed by atoms with Crippen molar-refractivity contribution in [3.05, 3.63) is 18.2 Å². The van der Waals surface area contributed by atoms with Crippen molar-refractivity contribution in [1.82, 2.24) is 15.0 Å². The van der Waals surface area contributed by atoms with Gasteiger partial charge in [0.05, 0.1) is 5.69 Å². The van der Waals surface area contributed by atoms with Gasteiger partial charge in [0.25, 0.3) is 0 Å². The van der Waals surface area contributed by atoms with E-state index in [1.54, 1.807) is 7.05 Å². The van der Waals surface area contributed by atoms with Gasteiger partial charge in [0.1, 0.15) is 11.0 Å². The Morgan fingerprint density at radius 1 is 1.50 bits per heavy atom. The maximum atomic E-state index is 5.39. The number of hydrogen-bond donors (Lipinski definition) is 2. The number of rotatable bonds is 1. The molecule has 0 saturated heterocycles. The Balaban J connectivity index is 2.58. The number of nitrogens with zero attached hydrogens (tertiary/aromatic N) is 3. The smallest absolute Gasteiger partial charge is 0.168 e. The Hall–Kier alpha value is -1.69. The van der Waals surface area contributed by atoms with Crippen LogP contribution in [0.5, 0.6) is 0 Å². The van der Waals surface area contributed by atoms with Crippen LogP contribution in [0, 0.1) is 0 Å². The molecule has 1 aromatic heterocycles. The summed E-state index contributed by atoms with van der Waals surface area (Å²) in [7, 11) is 1.77. The predicted octanol–water partition coefficient (Wildman–Crippen LogP) is 0.624. The van der Waals surface area contributed by atoms with E-state index in [1.807, 2.05) is 18.2 Å². The largest absolute Gasteiger partial charge is 0.376 e. The molecule has 0 aliphatic heterocycles. The lowest BCUT2D eigenvalue weighted by Gasteiger charge is -2.02. The highest BCUT2D eigenvalue weighted by atomic mass is 32.1. The predicted molar refractivity (Wildman–Crippen MR) is 58.9 cm³/mol. The normalized spacial score (nSPS) is 10.4. The third kappa shape index (κ3) is 1.51. The minimum Gasteiger partial charge on any atom is -0.376 e. The van der Waals surface area contributed by atoms with E-state index in [2.05, 4.69) is 15.5 Å². The molecule has 0 aliphatic rings. The highest BCUT2D eigenvalue weighted by Gasteiger charge is 2.05. The molecule has 0 spiro atoms. The summed E-state index contributed by atoms with van der Waals surface area (Å²) < 4.78 is 0. The number of benzene rings is 1. The van der Waals surface area contributed by atoms with Crippen LogP contribution >= 0.6 is 12.2 Å². The van der Waals surface area contributed by atoms with Gasteiger partial charge in [0.15, 0.2) is 5.11 Å². The van der Waals surface area contributed by atoms with E-state index in [0.717, 1.165) is 16.7 Å². The fourth-order valence-electron chi connectivity index (χ4n) is 1.27. The van der Waals surface area contributed by atoms with Crippen LogP contribution in [0.2, 0.25) is 0 Å². The van der Waals surface area contributed by atoms with Crippen LogP contribution in [-0.2, 0) is 7.05 Å². The molecule has 72 valence electrons. The number of anilines is 1. The second-order valence-corrected chi connectivity index (χ2v) is 3.29. The number of nitrogens with one attached hydrogen (secondary N) is 1. The number of aryl methyl sites for hydroxylation is 1. The lowest BCUT2D eigenvalue weighted by atomic mass is 10.3. The molecule has 2 rings (SSSR count). The van der Waals surface area contributed by atoms with Gasteiger partial charge in [0, 0.05) is 7.05 Å². The molecule has 14 heavy (non-hydrogen) atoms. The summed E-state index contributed by atoms with van der Waals surface area (Å²) in [5.41, 5.74) is 7.75. The standard InChI is InChI=1S/C8H9N5S/c1-13-11-6-4-2-3-5(7(6)12-13)10-8(9)14/h2-4H,1H3,(H3,9,10,14). The zero-order valence-corrected chi connectivity index (χ0v) is 8.38. The van der Waals surface area contributed by atoms with Crippen LogP contribution in [0.1, 0.15) is 0 Å². The lowest BCUT2D eigenvalue weighted by molar-refractivity contribution is 0.665. The quantitative estimate of drug-likeness (QED) is 0.671. The van der Waals surface area contributed by atoms with Crippen molar-refractivity contribution in [1.29, 1.82) is 0 Å². The van der Waals surface area contributed by atoms with Crippen molar-refractivity contribution in [2.45, 2.75) is 0 Å². The third-order valence-corrected chi connectivity index (χ3v) is 1.87. The molecule has 0 radical (unpaired) electrons. The molecule has 6 heteroatoms. The van der Waals surface area contributed by atoms with E-state index in [1.165, 1.54) is 4.80 Å². The van der Waals surface area contributed by atoms with Gasteiger partial charge in [-0.05, 0) is 24.4 Å². The van der Waals surface area contributed by atoms with E-state index in [9.17, 15) is 0 Å². The summed E-state index contributed by atoms with van der Waals surface area (Å²) >= 11 is 4.76. The van der Waals surface area contributed by atoms with Gasteiger partial charge >= 0.3 is 0 Å². The second-order valence-electron chi connectivity index (χ2n) is 2.85. The first-order chi connectivity index (χ1) is 6.66. The molecular weight excluding hydrogens is 198 g/mol. The lowest BCUT2D eigenvalue weighted by Crippen LogP contribution is -2.19. The SMILES string of the molecule is Cn1nc2cccc(NC(N)=S)c2n1. The number of thiocarbonyl (C=S) groups is 1. The summed E-state index contributed by atoms with van der Waals surface area (Å²) in [6, 6.07) is 5.61. The summed E-state index contributed by atoms with van der Waals surface area (Å²) in [5.74, 6) is 0. The zero-order chi connectivity index (χ0) is 10.1. The van der Waals surface area contributed by atoms with Gasteiger partial charge in [-0.15, -0.1) is 0 Å². The van der Waals surface area contributed by atoms with Crippen molar-refractivity contribution in [2.75, 3.05) is 5.32 Å². The molecule has 0 atom stereocenters. The molecular formula is C8H9N5S. The number of hydrogen-bond acceptors (Lipinski definition) is 3. The van der Waals surface area contributed by atoms with E-state index in [4.69, 9.17) is 18.0 Å². The molecule has 5 nitrogen and oxygen atoms in total. The summed E-state index contributed by atoms with van der Waals surface area (Å²) in [5, 5.41) is 11.4. The molecule has 1 heterocycles. The van der Waals surface area contributed by atoms with Crippen LogP contribution < -0.4 is 11.1 Å². The molecule has 1 aromatic carbocycles. The number of fused-ring (bicyclic) bond motifs is 1. The minimum absolute atomic E-state index is 0.225. The highest BCUT2D eigenvalue weighted by molar-refractivity contribution is 7.80. The van der Waals surface area contributed by atoms with Gasteiger partial charge in [-0.2, -0.15) is 15.0 Å². The van der Waals surface area contributed by atoms with Gasteiger partial charge in [-0.3, -0.25) is 0 Å². The van der Waals surface area contributed by atoms with Crippen molar-refractivity contribution < 1.29 is 0 Å². The maximum Gasteiger partial charge on any atom is 0.168 e. The molecule has 0 fully saturated rings. The molecule has 0 bridgehead atoms. The molecule has 0 saturated carbocycles. The van der Waals surface area contributed by atoms with Crippen molar-refractivity contribution in [3.8, 4) is 0 Å². The maximum absolute atomic E-state index is 5.39. The molecule has 3 N–H and O–H groups in total. The molecule has 0 unspecified atom stereocenters. The van der Waals surface area contributed by atoms with E-state index >= 15 is 0 Å². The van der Waals surface area contributed by atoms with E-state index < -0.39 is 0 Å². The van der Waals surface area contributed by atoms with E-state index in [0.29, 0.717) is 0 Å². The first-order valence-electron chi connectivity index (χ1n) is 4.03. The highest BCUT2D eigenvalue weighted by Crippen LogP contribution is 2.18. The third-order valence-electron chi connectivity index (χ3n) is 1.77. The fourth-order valence-corrected chi connectivity index (χ4v) is 1.38. The van der Waals surface area contributed by atoms with Gasteiger partial charge in [-0.25, -0.2) is 0 Å². The van der Waals surface area contributed by atoms with Gasteiger partial charge in [-0.1, -0.05) is 6.07 Å². The van der Waals surface area contributed by atoms with Crippen molar-refractivity contribution in [2.24, 2.45) is 12.8 Å². The topological polar surface area (TPSA) is 68.8 Å². The van der Waals surface area contributed by atoms with Crippen molar-refractivity contribution >= 4 is 34.1 Å². The molecule has 0 amide bonds.